The van der Waals surface area contributed by atoms with Crippen LogP contribution in [0.15, 0.2) is 0 Å². The number of unbranched alkanes of at least 4 members (excludes halogenated alkanes) is 1. The van der Waals surface area contributed by atoms with Gasteiger partial charge in [0.25, 0.3) is 0 Å². The van der Waals surface area contributed by atoms with Crippen molar-refractivity contribution in [3.8, 4) is 0 Å². The van der Waals surface area contributed by atoms with Crippen molar-refractivity contribution in [1.82, 2.24) is 0 Å². The van der Waals surface area contributed by atoms with Crippen LogP contribution in [0.5, 0.6) is 0 Å². The van der Waals surface area contributed by atoms with Crippen molar-refractivity contribution in [1.29, 1.82) is 0 Å². The van der Waals surface area contributed by atoms with E-state index < -0.39 is 0 Å². The summed E-state index contributed by atoms with van der Waals surface area (Å²) in [6.45, 7) is 9.18. The van der Waals surface area contributed by atoms with Crippen LogP contribution < -0.4 is 11.5 Å². The first-order valence-electron chi connectivity index (χ1n) is 6.00. The summed E-state index contributed by atoms with van der Waals surface area (Å²) in [5.41, 5.74) is 11.2. The molecule has 0 fully saturated rings. The smallest absolute Gasteiger partial charge is 0.0523 e. The number of rotatable bonds is 7. The predicted molar refractivity (Wildman–Crippen MR) is 63.8 cm³/mol. The molecule has 14 heavy (non-hydrogen) atoms. The van der Waals surface area contributed by atoms with E-state index in [9.17, 15) is 0 Å². The van der Waals surface area contributed by atoms with Gasteiger partial charge in [-0.2, -0.15) is 0 Å². The minimum atomic E-state index is -0.147. The zero-order chi connectivity index (χ0) is 11.1. The van der Waals surface area contributed by atoms with Gasteiger partial charge in [0, 0.05) is 0 Å². The summed E-state index contributed by atoms with van der Waals surface area (Å²) in [7, 11) is 0. The van der Waals surface area contributed by atoms with Gasteiger partial charge in [0.15, 0.2) is 0 Å². The van der Waals surface area contributed by atoms with E-state index in [0.717, 1.165) is 18.3 Å². The van der Waals surface area contributed by atoms with E-state index in [2.05, 4.69) is 27.7 Å². The van der Waals surface area contributed by atoms with E-state index in [1.807, 2.05) is 0 Å². The first-order valence-corrected chi connectivity index (χ1v) is 6.00. The number of nitrogens with two attached hydrogens (primary N) is 2. The molecular formula is C12H28N2. The Morgan fingerprint density at radius 1 is 1.00 bits per heavy atom. The molecule has 0 aromatic heterocycles. The van der Waals surface area contributed by atoms with Crippen LogP contribution in [-0.4, -0.2) is 6.17 Å². The molecule has 0 saturated carbocycles. The number of hydrogen-bond donors (Lipinski definition) is 2. The largest absolute Gasteiger partial charge is 0.316 e. The molecule has 3 atom stereocenters. The van der Waals surface area contributed by atoms with Crippen molar-refractivity contribution < 1.29 is 0 Å². The summed E-state index contributed by atoms with van der Waals surface area (Å²) in [6.07, 6.45) is 4.76. The normalized spacial score (nSPS) is 18.2. The van der Waals surface area contributed by atoms with Crippen molar-refractivity contribution in [2.24, 2.45) is 29.2 Å². The maximum Gasteiger partial charge on any atom is 0.0523 e. The SMILES string of the molecule is CCCCC(C)C(C)C(C)CC(N)N. The summed E-state index contributed by atoms with van der Waals surface area (Å²) in [6, 6.07) is 0. The zero-order valence-corrected chi connectivity index (χ0v) is 10.3. The van der Waals surface area contributed by atoms with E-state index in [0.29, 0.717) is 5.92 Å². The third-order valence-electron chi connectivity index (χ3n) is 3.45. The van der Waals surface area contributed by atoms with E-state index in [-0.39, 0.29) is 6.17 Å². The predicted octanol–water partition coefficient (Wildman–Crippen LogP) is 2.72. The third-order valence-corrected chi connectivity index (χ3v) is 3.45. The first-order chi connectivity index (χ1) is 6.49. The van der Waals surface area contributed by atoms with Crippen molar-refractivity contribution in [3.63, 3.8) is 0 Å². The Morgan fingerprint density at radius 2 is 1.57 bits per heavy atom. The Hall–Kier alpha value is -0.0800. The van der Waals surface area contributed by atoms with Gasteiger partial charge < -0.3 is 11.5 Å². The zero-order valence-electron chi connectivity index (χ0n) is 10.3. The second-order valence-corrected chi connectivity index (χ2v) is 4.86. The van der Waals surface area contributed by atoms with Gasteiger partial charge in [0.1, 0.15) is 0 Å². The highest BCUT2D eigenvalue weighted by molar-refractivity contribution is 4.70. The average Bonchev–Trinajstić information content (AvgIpc) is 2.11. The summed E-state index contributed by atoms with van der Waals surface area (Å²) in [4.78, 5) is 0. The lowest BCUT2D eigenvalue weighted by molar-refractivity contribution is 0.240. The van der Waals surface area contributed by atoms with Gasteiger partial charge in [-0.3, -0.25) is 0 Å². The molecule has 2 heteroatoms. The van der Waals surface area contributed by atoms with E-state index >= 15 is 0 Å². The molecule has 3 unspecified atom stereocenters. The van der Waals surface area contributed by atoms with Crippen LogP contribution in [0.3, 0.4) is 0 Å². The maximum absolute atomic E-state index is 5.61. The van der Waals surface area contributed by atoms with E-state index in [4.69, 9.17) is 11.5 Å². The molecule has 0 heterocycles. The van der Waals surface area contributed by atoms with Crippen molar-refractivity contribution >= 4 is 0 Å². The second-order valence-electron chi connectivity index (χ2n) is 4.86. The Labute approximate surface area is 89.4 Å². The fraction of sp³-hybridized carbons (Fsp3) is 1.00. The lowest BCUT2D eigenvalue weighted by Gasteiger charge is -2.27. The van der Waals surface area contributed by atoms with E-state index in [1.54, 1.807) is 0 Å². The lowest BCUT2D eigenvalue weighted by Crippen LogP contribution is -2.34. The lowest BCUT2D eigenvalue weighted by atomic mass is 9.80. The standard InChI is InChI=1S/C12H28N2/c1-5-6-7-9(2)11(4)10(3)8-12(13)14/h9-12H,5-8,13-14H2,1-4H3. The van der Waals surface area contributed by atoms with E-state index in [1.165, 1.54) is 19.3 Å². The molecule has 86 valence electrons. The molecule has 0 aliphatic carbocycles. The van der Waals surface area contributed by atoms with Crippen LogP contribution in [0, 0.1) is 17.8 Å². The van der Waals surface area contributed by atoms with Crippen LogP contribution in [0.1, 0.15) is 53.4 Å². The summed E-state index contributed by atoms with van der Waals surface area (Å²) in [5.74, 6) is 2.17. The average molecular weight is 200 g/mol. The van der Waals surface area contributed by atoms with Gasteiger partial charge in [0.2, 0.25) is 0 Å². The molecule has 0 aliphatic heterocycles. The molecule has 0 bridgehead atoms. The quantitative estimate of drug-likeness (QED) is 0.621. The van der Waals surface area contributed by atoms with Crippen LogP contribution in [0.4, 0.5) is 0 Å². The summed E-state index contributed by atoms with van der Waals surface area (Å²) < 4.78 is 0. The minimum Gasteiger partial charge on any atom is -0.316 e. The minimum absolute atomic E-state index is 0.147. The van der Waals surface area contributed by atoms with Gasteiger partial charge in [-0.15, -0.1) is 0 Å². The van der Waals surface area contributed by atoms with Gasteiger partial charge in [-0.05, 0) is 24.2 Å². The van der Waals surface area contributed by atoms with Gasteiger partial charge in [-0.1, -0.05) is 47.0 Å². The Bertz CT molecular complexity index is 134. The number of hydrogen-bond acceptors (Lipinski definition) is 2. The fourth-order valence-electron chi connectivity index (χ4n) is 1.99. The molecule has 0 amide bonds. The Balaban J connectivity index is 3.84. The Kier molecular flexibility index (Phi) is 7.20. The molecule has 0 rings (SSSR count). The van der Waals surface area contributed by atoms with Gasteiger partial charge in [0.05, 0.1) is 6.17 Å². The van der Waals surface area contributed by atoms with Gasteiger partial charge in [-0.25, -0.2) is 0 Å². The van der Waals surface area contributed by atoms with Crippen molar-refractivity contribution in [2.45, 2.75) is 59.5 Å². The van der Waals surface area contributed by atoms with Gasteiger partial charge >= 0.3 is 0 Å². The molecule has 0 aliphatic rings. The van der Waals surface area contributed by atoms with Crippen LogP contribution >= 0.6 is 0 Å². The molecule has 4 N–H and O–H groups in total. The topological polar surface area (TPSA) is 52.0 Å². The molecule has 0 aromatic rings. The molecule has 2 nitrogen and oxygen atoms in total. The first kappa shape index (κ1) is 13.9. The highest BCUT2D eigenvalue weighted by Gasteiger charge is 2.19. The molecule has 0 radical (unpaired) electrons. The molecule has 0 aromatic carbocycles. The van der Waals surface area contributed by atoms with Crippen LogP contribution in [-0.2, 0) is 0 Å². The molecule has 0 saturated heterocycles. The van der Waals surface area contributed by atoms with Crippen LogP contribution in [0.2, 0.25) is 0 Å². The second kappa shape index (κ2) is 7.24. The third kappa shape index (κ3) is 5.61. The molecule has 0 spiro atoms. The molecular weight excluding hydrogens is 172 g/mol. The summed E-state index contributed by atoms with van der Waals surface area (Å²) in [5, 5.41) is 0. The van der Waals surface area contributed by atoms with Crippen LogP contribution in [0.25, 0.3) is 0 Å². The maximum atomic E-state index is 5.61. The van der Waals surface area contributed by atoms with Crippen molar-refractivity contribution in [3.05, 3.63) is 0 Å². The van der Waals surface area contributed by atoms with Crippen molar-refractivity contribution in [2.75, 3.05) is 0 Å². The fourth-order valence-corrected chi connectivity index (χ4v) is 1.99. The highest BCUT2D eigenvalue weighted by atomic mass is 14.8. The Morgan fingerprint density at radius 3 is 2.00 bits per heavy atom. The highest BCUT2D eigenvalue weighted by Crippen LogP contribution is 2.26. The summed E-state index contributed by atoms with van der Waals surface area (Å²) >= 11 is 0. The monoisotopic (exact) mass is 200 g/mol.